The van der Waals surface area contributed by atoms with Crippen molar-refractivity contribution in [1.29, 1.82) is 0 Å². The summed E-state index contributed by atoms with van der Waals surface area (Å²) < 4.78 is 12.8. The molecular weight excluding hydrogens is 261 g/mol. The van der Waals surface area contributed by atoms with Gasteiger partial charge in [0.2, 0.25) is 5.95 Å². The highest BCUT2D eigenvalue weighted by Gasteiger charge is 2.52. The minimum absolute atomic E-state index is 0.0891. The number of nitrogens with one attached hydrogen (secondary N) is 2. The van der Waals surface area contributed by atoms with Crippen molar-refractivity contribution in [3.05, 3.63) is 18.2 Å². The Bertz CT molecular complexity index is 490. The summed E-state index contributed by atoms with van der Waals surface area (Å²) in [6.07, 6.45) is 8.57. The van der Waals surface area contributed by atoms with Gasteiger partial charge in [-0.3, -0.25) is 4.84 Å². The number of anilines is 1. The lowest BCUT2D eigenvalue weighted by Gasteiger charge is -2.47. The molecule has 1 atom stereocenters. The topological polar surface area (TPSA) is 62.3 Å². The summed E-state index contributed by atoms with van der Waals surface area (Å²) in [4.78, 5) is 13.8. The monoisotopic (exact) mass is 279 g/mol. The summed E-state index contributed by atoms with van der Waals surface area (Å²) in [7, 11) is 0. The molecule has 1 aromatic rings. The summed E-state index contributed by atoms with van der Waals surface area (Å²) in [6.45, 7) is 0.808. The predicted octanol–water partition coefficient (Wildman–Crippen LogP) is 1.64. The minimum atomic E-state index is -0.452. The van der Waals surface area contributed by atoms with Crippen LogP contribution < -0.4 is 10.9 Å². The maximum Gasteiger partial charge on any atom is 0.240 e. The van der Waals surface area contributed by atoms with E-state index >= 15 is 0 Å². The second-order valence-corrected chi connectivity index (χ2v) is 6.04. The van der Waals surface area contributed by atoms with Crippen molar-refractivity contribution in [2.45, 2.75) is 37.7 Å². The van der Waals surface area contributed by atoms with E-state index in [1.165, 1.54) is 31.0 Å². The molecule has 20 heavy (non-hydrogen) atoms. The van der Waals surface area contributed by atoms with Crippen molar-refractivity contribution in [3.63, 3.8) is 0 Å². The van der Waals surface area contributed by atoms with Crippen molar-refractivity contribution in [1.82, 2.24) is 20.7 Å². The first-order chi connectivity index (χ1) is 9.73. The second-order valence-electron chi connectivity index (χ2n) is 6.04. The third-order valence-corrected chi connectivity index (χ3v) is 4.84. The van der Waals surface area contributed by atoms with E-state index in [2.05, 4.69) is 20.8 Å². The number of halogens is 1. The summed E-state index contributed by atoms with van der Waals surface area (Å²) in [5.41, 5.74) is 6.01. The van der Waals surface area contributed by atoms with E-state index < -0.39 is 5.82 Å². The summed E-state index contributed by atoms with van der Waals surface area (Å²) in [5, 5.41) is 1.48. The van der Waals surface area contributed by atoms with Gasteiger partial charge >= 0.3 is 0 Å². The van der Waals surface area contributed by atoms with Crippen LogP contribution in [0.25, 0.3) is 0 Å². The average Bonchev–Trinajstić information content (AvgIpc) is 2.85. The van der Waals surface area contributed by atoms with Gasteiger partial charge in [-0.1, -0.05) is 0 Å². The Balaban J connectivity index is 1.44. The molecule has 108 valence electrons. The smallest absolute Gasteiger partial charge is 0.240 e. The maximum atomic E-state index is 12.8. The second kappa shape index (κ2) is 4.61. The molecule has 5 rings (SSSR count). The molecule has 0 radical (unpaired) electrons. The van der Waals surface area contributed by atoms with Gasteiger partial charge in [-0.15, -0.1) is 0 Å². The van der Waals surface area contributed by atoms with Crippen LogP contribution in [-0.2, 0) is 4.84 Å². The molecule has 0 aromatic carbocycles. The molecule has 0 amide bonds. The van der Waals surface area contributed by atoms with Crippen LogP contribution in [-0.4, -0.2) is 27.4 Å². The van der Waals surface area contributed by atoms with Gasteiger partial charge in [0.05, 0.1) is 12.4 Å². The van der Waals surface area contributed by atoms with Crippen LogP contribution in [0.15, 0.2) is 12.4 Å². The molecule has 3 aliphatic carbocycles. The first kappa shape index (κ1) is 12.4. The van der Waals surface area contributed by atoms with Gasteiger partial charge < -0.3 is 0 Å². The van der Waals surface area contributed by atoms with Crippen molar-refractivity contribution in [3.8, 4) is 0 Å². The number of aromatic nitrogens is 2. The highest BCUT2D eigenvalue weighted by atomic mass is 19.1. The SMILES string of the molecule is Fc1cnc(NN2NC[C@]3(CC4CCC3CC4)O2)nc1. The van der Waals surface area contributed by atoms with Crippen LogP contribution in [0.3, 0.4) is 0 Å². The van der Waals surface area contributed by atoms with Crippen LogP contribution in [0.1, 0.15) is 32.1 Å². The standard InChI is InChI=1S/C13H18FN5O/c14-11-6-15-12(16-7-11)18-19-17-8-13(20-19)5-9-1-3-10(13)4-2-9/h6-7,9-10,17H,1-5,8H2,(H,15,16,18)/t9?,10?,13-/m0/s1. The number of hydrazine groups is 2. The van der Waals surface area contributed by atoms with E-state index in [4.69, 9.17) is 4.84 Å². The molecule has 1 aliphatic heterocycles. The van der Waals surface area contributed by atoms with Crippen LogP contribution in [0.5, 0.6) is 0 Å². The summed E-state index contributed by atoms with van der Waals surface area (Å²) in [6, 6.07) is 0. The Labute approximate surface area is 116 Å². The maximum absolute atomic E-state index is 12.8. The highest BCUT2D eigenvalue weighted by molar-refractivity contribution is 5.20. The van der Waals surface area contributed by atoms with Crippen molar-refractivity contribution >= 4 is 5.95 Å². The Morgan fingerprint density at radius 3 is 2.70 bits per heavy atom. The quantitative estimate of drug-likeness (QED) is 0.858. The molecule has 2 N–H and O–H groups in total. The van der Waals surface area contributed by atoms with Crippen LogP contribution >= 0.6 is 0 Å². The molecule has 1 spiro atoms. The van der Waals surface area contributed by atoms with Gasteiger partial charge in [-0.2, -0.15) is 0 Å². The number of hydrogen-bond acceptors (Lipinski definition) is 6. The molecule has 2 heterocycles. The van der Waals surface area contributed by atoms with E-state index in [1.807, 2.05) is 0 Å². The lowest BCUT2D eigenvalue weighted by atomic mass is 9.62. The molecular formula is C13H18FN5O. The molecule has 6 nitrogen and oxygen atoms in total. The van der Waals surface area contributed by atoms with Crippen molar-refractivity contribution < 1.29 is 9.23 Å². The predicted molar refractivity (Wildman–Crippen MR) is 69.3 cm³/mol. The van der Waals surface area contributed by atoms with E-state index in [-0.39, 0.29) is 5.60 Å². The third kappa shape index (κ3) is 2.06. The molecule has 7 heteroatoms. The Kier molecular flexibility index (Phi) is 2.87. The zero-order valence-electron chi connectivity index (χ0n) is 11.2. The molecule has 0 unspecified atom stereocenters. The Hall–Kier alpha value is -1.31. The zero-order valence-corrected chi connectivity index (χ0v) is 11.2. The van der Waals surface area contributed by atoms with Crippen LogP contribution in [0.2, 0.25) is 0 Å². The fraction of sp³-hybridized carbons (Fsp3) is 0.692. The summed E-state index contributed by atoms with van der Waals surface area (Å²) >= 11 is 0. The van der Waals surface area contributed by atoms with Gasteiger partial charge in [0.1, 0.15) is 5.60 Å². The average molecular weight is 279 g/mol. The highest BCUT2D eigenvalue weighted by Crippen LogP contribution is 2.50. The number of rotatable bonds is 2. The normalized spacial score (nSPS) is 36.6. The van der Waals surface area contributed by atoms with Gasteiger partial charge in [0.25, 0.3) is 0 Å². The Morgan fingerprint density at radius 2 is 2.05 bits per heavy atom. The van der Waals surface area contributed by atoms with Crippen LogP contribution in [0.4, 0.5) is 10.3 Å². The first-order valence-electron chi connectivity index (χ1n) is 7.20. The molecule has 4 aliphatic rings. The number of hydrogen-bond donors (Lipinski definition) is 2. The molecule has 2 bridgehead atoms. The van der Waals surface area contributed by atoms with E-state index in [1.54, 1.807) is 0 Å². The fourth-order valence-electron chi connectivity index (χ4n) is 3.85. The molecule has 3 saturated carbocycles. The molecule has 1 saturated heterocycles. The van der Waals surface area contributed by atoms with Gasteiger partial charge in [-0.05, 0) is 49.2 Å². The lowest BCUT2D eigenvalue weighted by molar-refractivity contribution is -0.235. The number of nitrogens with zero attached hydrogens (tertiary/aromatic N) is 3. The van der Waals surface area contributed by atoms with E-state index in [0.717, 1.165) is 31.3 Å². The lowest BCUT2D eigenvalue weighted by Crippen LogP contribution is -2.50. The molecule has 4 fully saturated rings. The van der Waals surface area contributed by atoms with Crippen molar-refractivity contribution in [2.75, 3.05) is 12.0 Å². The first-order valence-corrected chi connectivity index (χ1v) is 7.20. The minimum Gasteiger partial charge on any atom is -0.257 e. The fourth-order valence-corrected chi connectivity index (χ4v) is 3.85. The van der Waals surface area contributed by atoms with Crippen LogP contribution in [0, 0.1) is 17.7 Å². The van der Waals surface area contributed by atoms with Crippen molar-refractivity contribution in [2.24, 2.45) is 11.8 Å². The summed E-state index contributed by atoms with van der Waals surface area (Å²) in [5.74, 6) is 1.29. The van der Waals surface area contributed by atoms with Gasteiger partial charge in [0, 0.05) is 6.54 Å². The van der Waals surface area contributed by atoms with E-state index in [0.29, 0.717) is 11.9 Å². The largest absolute Gasteiger partial charge is 0.257 e. The molecule has 1 aromatic heterocycles. The Morgan fingerprint density at radius 1 is 1.30 bits per heavy atom. The van der Waals surface area contributed by atoms with Gasteiger partial charge in [0.15, 0.2) is 5.82 Å². The third-order valence-electron chi connectivity index (χ3n) is 4.84. The number of fused-ring (bicyclic) bond motifs is 2. The van der Waals surface area contributed by atoms with E-state index in [9.17, 15) is 4.39 Å². The zero-order chi connectivity index (χ0) is 13.6. The van der Waals surface area contributed by atoms with Gasteiger partial charge in [-0.25, -0.2) is 25.2 Å².